The van der Waals surface area contributed by atoms with Gasteiger partial charge in [-0.3, -0.25) is 4.79 Å². The normalized spacial score (nSPS) is 13.0. The Morgan fingerprint density at radius 1 is 1.60 bits per heavy atom. The second-order valence-corrected chi connectivity index (χ2v) is 3.41. The topological polar surface area (TPSA) is 37.3 Å². The maximum Gasteiger partial charge on any atom is 0.317 e. The molecule has 0 fully saturated rings. The van der Waals surface area contributed by atoms with Gasteiger partial charge in [-0.2, -0.15) is 0 Å². The summed E-state index contributed by atoms with van der Waals surface area (Å²) < 4.78 is 0. The van der Waals surface area contributed by atoms with Gasteiger partial charge in [-0.05, 0) is 6.42 Å². The van der Waals surface area contributed by atoms with Gasteiger partial charge in [0.05, 0.1) is 0 Å². The van der Waals surface area contributed by atoms with E-state index in [0.717, 1.165) is 25.7 Å². The molecule has 0 aromatic carbocycles. The third-order valence-electron chi connectivity index (χ3n) is 1.33. The van der Waals surface area contributed by atoms with Crippen LogP contribution in [0.1, 0.15) is 32.6 Å². The number of carboxylic acid groups (broad SMARTS) is 1. The van der Waals surface area contributed by atoms with E-state index in [9.17, 15) is 4.79 Å². The predicted octanol–water partition coefficient (Wildman–Crippen LogP) is 2.41. The van der Waals surface area contributed by atoms with Crippen LogP contribution in [0.25, 0.3) is 0 Å². The molecule has 0 unspecified atom stereocenters. The van der Waals surface area contributed by atoms with E-state index in [1.165, 1.54) is 0 Å². The molecule has 0 amide bonds. The molecule has 0 rings (SSSR count). The molecule has 0 radical (unpaired) electrons. The largest absolute Gasteiger partial charge is 0.480 e. The van der Waals surface area contributed by atoms with Gasteiger partial charge < -0.3 is 5.11 Å². The molecule has 0 aromatic rings. The van der Waals surface area contributed by atoms with Crippen LogP contribution in [0, 0.1) is 0 Å². The summed E-state index contributed by atoms with van der Waals surface area (Å²) in [5, 5.41) is 8.43. The Labute approximate surface area is 69.8 Å². The van der Waals surface area contributed by atoms with Crippen molar-refractivity contribution in [2.24, 2.45) is 0 Å². The van der Waals surface area contributed by atoms with Gasteiger partial charge in [-0.1, -0.05) is 42.1 Å². The lowest BCUT2D eigenvalue weighted by Gasteiger charge is -2.01. The van der Waals surface area contributed by atoms with Crippen molar-refractivity contribution in [3.05, 3.63) is 0 Å². The average molecular weight is 209 g/mol. The Balaban J connectivity index is 3.21. The maximum absolute atomic E-state index is 10.2. The van der Waals surface area contributed by atoms with Crippen molar-refractivity contribution in [3.8, 4) is 0 Å². The first-order valence-electron chi connectivity index (χ1n) is 3.55. The molecular formula is C7H13BrO2. The van der Waals surface area contributed by atoms with Crippen LogP contribution in [-0.4, -0.2) is 15.9 Å². The minimum atomic E-state index is -0.754. The summed E-state index contributed by atoms with van der Waals surface area (Å²) in [5.41, 5.74) is 0. The molecule has 1 atom stereocenters. The monoisotopic (exact) mass is 208 g/mol. The molecule has 3 heteroatoms. The summed E-state index contributed by atoms with van der Waals surface area (Å²) in [6.45, 7) is 2.10. The number of carbonyl (C=O) groups is 1. The summed E-state index contributed by atoms with van der Waals surface area (Å²) in [5.74, 6) is -0.754. The molecule has 0 saturated heterocycles. The fraction of sp³-hybridized carbons (Fsp3) is 0.857. The zero-order valence-corrected chi connectivity index (χ0v) is 7.73. The van der Waals surface area contributed by atoms with Crippen LogP contribution in [0.15, 0.2) is 0 Å². The van der Waals surface area contributed by atoms with E-state index in [0.29, 0.717) is 0 Å². The maximum atomic E-state index is 10.2. The number of hydrogen-bond acceptors (Lipinski definition) is 1. The molecule has 0 spiro atoms. The van der Waals surface area contributed by atoms with E-state index >= 15 is 0 Å². The van der Waals surface area contributed by atoms with Crippen LogP contribution in [0.5, 0.6) is 0 Å². The molecule has 2 nitrogen and oxygen atoms in total. The lowest BCUT2D eigenvalue weighted by molar-refractivity contribution is -0.136. The molecule has 0 heterocycles. The number of hydrogen-bond donors (Lipinski definition) is 1. The number of alkyl halides is 1. The standard InChI is InChI=1S/C7H13BrO2/c1-2-3-4-5-6(8)7(9)10/h6H,2-5H2,1H3,(H,9,10)/t6-/m0/s1. The Hall–Kier alpha value is -0.0500. The molecule has 0 saturated carbocycles. The molecule has 0 aliphatic rings. The van der Waals surface area contributed by atoms with Crippen LogP contribution in [-0.2, 0) is 4.79 Å². The third kappa shape index (κ3) is 4.79. The SMILES string of the molecule is CCCCC[C@H](Br)C(=O)O. The highest BCUT2D eigenvalue weighted by atomic mass is 79.9. The van der Waals surface area contributed by atoms with E-state index in [1.54, 1.807) is 0 Å². The Kier molecular flexibility index (Phi) is 5.69. The second kappa shape index (κ2) is 5.71. The van der Waals surface area contributed by atoms with E-state index in [4.69, 9.17) is 5.11 Å². The molecule has 0 aliphatic carbocycles. The summed E-state index contributed by atoms with van der Waals surface area (Å²) in [7, 11) is 0. The first-order chi connectivity index (χ1) is 4.68. The van der Waals surface area contributed by atoms with Crippen LogP contribution in [0.4, 0.5) is 0 Å². The van der Waals surface area contributed by atoms with Crippen LogP contribution < -0.4 is 0 Å². The number of aliphatic carboxylic acids is 1. The van der Waals surface area contributed by atoms with Crippen molar-refractivity contribution < 1.29 is 9.90 Å². The molecule has 60 valence electrons. The van der Waals surface area contributed by atoms with Crippen LogP contribution in [0.2, 0.25) is 0 Å². The quantitative estimate of drug-likeness (QED) is 0.557. The van der Waals surface area contributed by atoms with Gasteiger partial charge in [0.15, 0.2) is 0 Å². The zero-order valence-electron chi connectivity index (χ0n) is 6.14. The first-order valence-corrected chi connectivity index (χ1v) is 4.47. The molecule has 0 aliphatic heterocycles. The molecule has 0 bridgehead atoms. The smallest absolute Gasteiger partial charge is 0.317 e. The summed E-state index contributed by atoms with van der Waals surface area (Å²) in [6.07, 6.45) is 4.00. The van der Waals surface area contributed by atoms with Gasteiger partial charge in [0, 0.05) is 0 Å². The Bertz CT molecular complexity index is 104. The molecular weight excluding hydrogens is 196 g/mol. The third-order valence-corrected chi connectivity index (χ3v) is 2.18. The van der Waals surface area contributed by atoms with Gasteiger partial charge in [-0.15, -0.1) is 0 Å². The Morgan fingerprint density at radius 2 is 2.20 bits per heavy atom. The zero-order chi connectivity index (χ0) is 7.98. The van der Waals surface area contributed by atoms with Gasteiger partial charge in [0.1, 0.15) is 4.83 Å². The fourth-order valence-corrected chi connectivity index (χ4v) is 1.02. The highest BCUT2D eigenvalue weighted by molar-refractivity contribution is 9.10. The molecule has 1 N–H and O–H groups in total. The Morgan fingerprint density at radius 3 is 2.60 bits per heavy atom. The van der Waals surface area contributed by atoms with E-state index in [2.05, 4.69) is 22.9 Å². The number of halogens is 1. The lowest BCUT2D eigenvalue weighted by atomic mass is 10.2. The van der Waals surface area contributed by atoms with E-state index in [1.807, 2.05) is 0 Å². The molecule has 0 aromatic heterocycles. The number of unbranched alkanes of at least 4 members (excludes halogenated alkanes) is 2. The number of carboxylic acids is 1. The minimum Gasteiger partial charge on any atom is -0.480 e. The van der Waals surface area contributed by atoms with Crippen molar-refractivity contribution in [1.29, 1.82) is 0 Å². The first kappa shape index (κ1) is 9.95. The highest BCUT2D eigenvalue weighted by Gasteiger charge is 2.10. The van der Waals surface area contributed by atoms with Crippen molar-refractivity contribution in [2.75, 3.05) is 0 Å². The highest BCUT2D eigenvalue weighted by Crippen LogP contribution is 2.10. The summed E-state index contributed by atoms with van der Waals surface area (Å²) in [6, 6.07) is 0. The van der Waals surface area contributed by atoms with Gasteiger partial charge in [0.2, 0.25) is 0 Å². The summed E-state index contributed by atoms with van der Waals surface area (Å²) in [4.78, 5) is 9.90. The number of rotatable bonds is 5. The molecule has 10 heavy (non-hydrogen) atoms. The van der Waals surface area contributed by atoms with E-state index < -0.39 is 5.97 Å². The van der Waals surface area contributed by atoms with Crippen LogP contribution in [0.3, 0.4) is 0 Å². The van der Waals surface area contributed by atoms with Crippen molar-refractivity contribution in [1.82, 2.24) is 0 Å². The lowest BCUT2D eigenvalue weighted by Crippen LogP contribution is -2.11. The average Bonchev–Trinajstić information content (AvgIpc) is 1.88. The second-order valence-electron chi connectivity index (χ2n) is 2.30. The van der Waals surface area contributed by atoms with Gasteiger partial charge in [-0.25, -0.2) is 0 Å². The van der Waals surface area contributed by atoms with Crippen molar-refractivity contribution in [2.45, 2.75) is 37.4 Å². The van der Waals surface area contributed by atoms with E-state index in [-0.39, 0.29) is 4.83 Å². The predicted molar refractivity (Wildman–Crippen MR) is 44.5 cm³/mol. The van der Waals surface area contributed by atoms with Crippen molar-refractivity contribution in [3.63, 3.8) is 0 Å². The summed E-state index contributed by atoms with van der Waals surface area (Å²) >= 11 is 3.07. The van der Waals surface area contributed by atoms with Crippen molar-refractivity contribution >= 4 is 21.9 Å². The van der Waals surface area contributed by atoms with Gasteiger partial charge in [0.25, 0.3) is 0 Å². The van der Waals surface area contributed by atoms with Gasteiger partial charge >= 0.3 is 5.97 Å². The fourth-order valence-electron chi connectivity index (χ4n) is 0.697. The van der Waals surface area contributed by atoms with Crippen LogP contribution >= 0.6 is 15.9 Å². The minimum absolute atomic E-state index is 0.348.